The molecule has 0 amide bonds. The number of nitrogens with one attached hydrogen (secondary N) is 1. The zero-order valence-electron chi connectivity index (χ0n) is 8.98. The Balaban J connectivity index is 1.86. The summed E-state index contributed by atoms with van der Waals surface area (Å²) in [6.07, 6.45) is 1.19. The number of fused-ring (bicyclic) bond motifs is 5. The predicted molar refractivity (Wildman–Crippen MR) is 65.7 cm³/mol. The van der Waals surface area contributed by atoms with Crippen LogP contribution < -0.4 is 5.32 Å². The molecular weight excluding hydrogens is 194 g/mol. The van der Waals surface area contributed by atoms with Crippen LogP contribution in [0.1, 0.15) is 28.7 Å². The van der Waals surface area contributed by atoms with Crippen molar-refractivity contribution in [1.29, 1.82) is 0 Å². The smallest absolute Gasteiger partial charge is 0.0589 e. The fourth-order valence-electron chi connectivity index (χ4n) is 3.18. The maximum atomic E-state index is 3.65. The third-order valence-corrected chi connectivity index (χ3v) is 3.90. The van der Waals surface area contributed by atoms with Crippen LogP contribution in [0.25, 0.3) is 0 Å². The van der Waals surface area contributed by atoms with Crippen molar-refractivity contribution in [3.8, 4) is 0 Å². The van der Waals surface area contributed by atoms with E-state index >= 15 is 0 Å². The first-order valence-electron chi connectivity index (χ1n) is 5.87. The van der Waals surface area contributed by atoms with Gasteiger partial charge >= 0.3 is 0 Å². The SMILES string of the molecule is c1ccc2c(c1)C[C@H]1c3ccccc3N[C@@H]21. The lowest BCUT2D eigenvalue weighted by molar-refractivity contribution is 0.677. The Hall–Kier alpha value is -1.76. The molecule has 2 atom stereocenters. The number of hydrogen-bond acceptors (Lipinski definition) is 1. The number of para-hydroxylation sites is 1. The van der Waals surface area contributed by atoms with Gasteiger partial charge in [0.1, 0.15) is 0 Å². The van der Waals surface area contributed by atoms with Crippen molar-refractivity contribution in [3.05, 3.63) is 65.2 Å². The highest BCUT2D eigenvalue weighted by Crippen LogP contribution is 2.50. The molecule has 0 radical (unpaired) electrons. The average molecular weight is 207 g/mol. The molecule has 1 N–H and O–H groups in total. The Labute approximate surface area is 95.1 Å². The number of rotatable bonds is 0. The van der Waals surface area contributed by atoms with Gasteiger partial charge < -0.3 is 5.32 Å². The summed E-state index contributed by atoms with van der Waals surface area (Å²) in [6, 6.07) is 18.0. The topological polar surface area (TPSA) is 12.0 Å². The Morgan fingerprint density at radius 2 is 1.62 bits per heavy atom. The van der Waals surface area contributed by atoms with Crippen LogP contribution in [-0.4, -0.2) is 0 Å². The minimum atomic E-state index is 0.508. The third-order valence-electron chi connectivity index (χ3n) is 3.90. The summed E-state index contributed by atoms with van der Waals surface area (Å²) in [6.45, 7) is 0. The van der Waals surface area contributed by atoms with Crippen LogP contribution in [0.15, 0.2) is 48.5 Å². The summed E-state index contributed by atoms with van der Waals surface area (Å²) >= 11 is 0. The second-order valence-corrected chi connectivity index (χ2v) is 4.72. The van der Waals surface area contributed by atoms with Crippen molar-refractivity contribution in [2.45, 2.75) is 18.4 Å². The molecule has 2 aromatic carbocycles. The van der Waals surface area contributed by atoms with Crippen molar-refractivity contribution in [1.82, 2.24) is 0 Å². The Bertz CT molecular complexity index is 507. The average Bonchev–Trinajstić information content (AvgIpc) is 2.85. The molecule has 1 aliphatic heterocycles. The molecule has 78 valence electrons. The van der Waals surface area contributed by atoms with Gasteiger partial charge in [0.05, 0.1) is 6.04 Å². The monoisotopic (exact) mass is 207 g/mol. The molecule has 2 aromatic rings. The van der Waals surface area contributed by atoms with Gasteiger partial charge in [-0.3, -0.25) is 0 Å². The first kappa shape index (κ1) is 8.40. The summed E-state index contributed by atoms with van der Waals surface area (Å²) in [5.74, 6) is 0.647. The van der Waals surface area contributed by atoms with E-state index in [4.69, 9.17) is 0 Å². The second kappa shape index (κ2) is 2.88. The number of benzene rings is 2. The van der Waals surface area contributed by atoms with Crippen LogP contribution in [-0.2, 0) is 6.42 Å². The molecular formula is C15H13N. The molecule has 2 aliphatic rings. The third kappa shape index (κ3) is 0.955. The molecule has 0 unspecified atom stereocenters. The molecule has 0 aromatic heterocycles. The highest BCUT2D eigenvalue weighted by atomic mass is 15.0. The zero-order valence-corrected chi connectivity index (χ0v) is 8.98. The van der Waals surface area contributed by atoms with Crippen molar-refractivity contribution in [2.75, 3.05) is 5.32 Å². The van der Waals surface area contributed by atoms with E-state index in [9.17, 15) is 0 Å². The minimum Gasteiger partial charge on any atom is -0.377 e. The molecule has 4 rings (SSSR count). The van der Waals surface area contributed by atoms with Crippen molar-refractivity contribution in [2.24, 2.45) is 0 Å². The van der Waals surface area contributed by atoms with E-state index in [1.54, 1.807) is 0 Å². The highest BCUT2D eigenvalue weighted by molar-refractivity contribution is 5.63. The molecule has 0 bridgehead atoms. The van der Waals surface area contributed by atoms with Crippen molar-refractivity contribution >= 4 is 5.69 Å². The maximum Gasteiger partial charge on any atom is 0.0589 e. The molecule has 1 aliphatic carbocycles. The fourth-order valence-corrected chi connectivity index (χ4v) is 3.18. The largest absolute Gasteiger partial charge is 0.377 e. The van der Waals surface area contributed by atoms with Crippen LogP contribution in [0.3, 0.4) is 0 Å². The minimum absolute atomic E-state index is 0.508. The molecule has 0 saturated carbocycles. The Morgan fingerprint density at radius 1 is 0.875 bits per heavy atom. The Kier molecular flexibility index (Phi) is 1.51. The molecule has 0 spiro atoms. The summed E-state index contributed by atoms with van der Waals surface area (Å²) in [7, 11) is 0. The normalized spacial score (nSPS) is 24.5. The van der Waals surface area contributed by atoms with Gasteiger partial charge in [0, 0.05) is 11.6 Å². The number of anilines is 1. The van der Waals surface area contributed by atoms with E-state index in [0.29, 0.717) is 12.0 Å². The first-order valence-corrected chi connectivity index (χ1v) is 5.87. The van der Waals surface area contributed by atoms with E-state index in [1.165, 1.54) is 28.8 Å². The van der Waals surface area contributed by atoms with Crippen molar-refractivity contribution in [3.63, 3.8) is 0 Å². The van der Waals surface area contributed by atoms with Crippen LogP contribution in [0.2, 0.25) is 0 Å². The van der Waals surface area contributed by atoms with E-state index in [2.05, 4.69) is 53.8 Å². The summed E-state index contributed by atoms with van der Waals surface area (Å²) in [4.78, 5) is 0. The molecule has 1 nitrogen and oxygen atoms in total. The van der Waals surface area contributed by atoms with Crippen LogP contribution in [0.4, 0.5) is 5.69 Å². The Morgan fingerprint density at radius 3 is 2.56 bits per heavy atom. The summed E-state index contributed by atoms with van der Waals surface area (Å²) in [5, 5.41) is 3.65. The van der Waals surface area contributed by atoms with Crippen molar-refractivity contribution < 1.29 is 0 Å². The molecule has 1 heteroatoms. The molecule has 0 fully saturated rings. The van der Waals surface area contributed by atoms with Crippen LogP contribution >= 0.6 is 0 Å². The van der Waals surface area contributed by atoms with Crippen LogP contribution in [0, 0.1) is 0 Å². The summed E-state index contributed by atoms with van der Waals surface area (Å²) in [5.41, 5.74) is 5.82. The van der Waals surface area contributed by atoms with E-state index in [0.717, 1.165) is 0 Å². The summed E-state index contributed by atoms with van der Waals surface area (Å²) < 4.78 is 0. The first-order chi connectivity index (χ1) is 7.93. The zero-order chi connectivity index (χ0) is 10.5. The fraction of sp³-hybridized carbons (Fsp3) is 0.200. The lowest BCUT2D eigenvalue weighted by Gasteiger charge is -2.11. The molecule has 1 heterocycles. The second-order valence-electron chi connectivity index (χ2n) is 4.72. The quantitative estimate of drug-likeness (QED) is 0.697. The maximum absolute atomic E-state index is 3.65. The number of hydrogen-bond donors (Lipinski definition) is 1. The standard InChI is InChI=1S/C15H13N/c1-2-6-11-10(5-1)9-13-12-7-3-4-8-14(12)16-15(11)13/h1-8,13,15-16H,9H2/t13-,15-/m0/s1. The van der Waals surface area contributed by atoms with Gasteiger partial charge in [0.2, 0.25) is 0 Å². The van der Waals surface area contributed by atoms with E-state index < -0.39 is 0 Å². The van der Waals surface area contributed by atoms with Gasteiger partial charge in [-0.2, -0.15) is 0 Å². The van der Waals surface area contributed by atoms with Crippen LogP contribution in [0.5, 0.6) is 0 Å². The van der Waals surface area contributed by atoms with Gasteiger partial charge in [0.15, 0.2) is 0 Å². The van der Waals surface area contributed by atoms with E-state index in [1.807, 2.05) is 0 Å². The predicted octanol–water partition coefficient (Wildman–Crippen LogP) is 3.49. The van der Waals surface area contributed by atoms with Gasteiger partial charge in [-0.15, -0.1) is 0 Å². The molecule has 16 heavy (non-hydrogen) atoms. The van der Waals surface area contributed by atoms with Gasteiger partial charge in [0.25, 0.3) is 0 Å². The lowest BCUT2D eigenvalue weighted by atomic mass is 9.96. The van der Waals surface area contributed by atoms with Gasteiger partial charge in [-0.25, -0.2) is 0 Å². The van der Waals surface area contributed by atoms with Gasteiger partial charge in [-0.1, -0.05) is 42.5 Å². The lowest BCUT2D eigenvalue weighted by Crippen LogP contribution is -2.05. The van der Waals surface area contributed by atoms with E-state index in [-0.39, 0.29) is 0 Å². The highest BCUT2D eigenvalue weighted by Gasteiger charge is 2.38. The molecule has 0 saturated heterocycles. The van der Waals surface area contributed by atoms with Gasteiger partial charge in [-0.05, 0) is 29.2 Å².